The fourth-order valence-electron chi connectivity index (χ4n) is 1.99. The Morgan fingerprint density at radius 3 is 2.69 bits per heavy atom. The van der Waals surface area contributed by atoms with Gasteiger partial charge in [-0.2, -0.15) is 0 Å². The van der Waals surface area contributed by atoms with Gasteiger partial charge in [-0.1, -0.05) is 19.8 Å². The van der Waals surface area contributed by atoms with E-state index in [2.05, 4.69) is 31.0 Å². The zero-order valence-electron chi connectivity index (χ0n) is 9.40. The van der Waals surface area contributed by atoms with Crippen LogP contribution in [-0.4, -0.2) is 36.6 Å². The maximum absolute atomic E-state index is 3.45. The molecule has 0 aromatic carbocycles. The Labute approximate surface area is 82.7 Å². The molecule has 0 radical (unpaired) electrons. The summed E-state index contributed by atoms with van der Waals surface area (Å²) in [7, 11) is 0. The minimum Gasteiger partial charge on any atom is -0.314 e. The summed E-state index contributed by atoms with van der Waals surface area (Å²) in [5.41, 5.74) is 0.367. The molecule has 2 heteroatoms. The van der Waals surface area contributed by atoms with Crippen molar-refractivity contribution in [2.45, 2.75) is 45.6 Å². The Morgan fingerprint density at radius 2 is 2.08 bits per heavy atom. The molecule has 0 spiro atoms. The Bertz CT molecular complexity index is 143. The van der Waals surface area contributed by atoms with E-state index in [4.69, 9.17) is 0 Å². The van der Waals surface area contributed by atoms with Crippen LogP contribution >= 0.6 is 0 Å². The molecule has 1 heterocycles. The van der Waals surface area contributed by atoms with E-state index in [9.17, 15) is 0 Å². The second-order valence-electron chi connectivity index (χ2n) is 4.68. The molecule has 0 atom stereocenters. The van der Waals surface area contributed by atoms with E-state index in [1.165, 1.54) is 32.4 Å². The van der Waals surface area contributed by atoms with Gasteiger partial charge in [0.05, 0.1) is 0 Å². The molecule has 0 bridgehead atoms. The summed E-state index contributed by atoms with van der Waals surface area (Å²) in [5.74, 6) is 0. The van der Waals surface area contributed by atoms with Crippen molar-refractivity contribution in [2.75, 3.05) is 26.2 Å². The van der Waals surface area contributed by atoms with E-state index in [1.807, 2.05) is 0 Å². The van der Waals surface area contributed by atoms with Crippen LogP contribution in [0.5, 0.6) is 0 Å². The van der Waals surface area contributed by atoms with Gasteiger partial charge in [-0.3, -0.25) is 4.90 Å². The first kappa shape index (κ1) is 11.0. The molecule has 0 amide bonds. The highest BCUT2D eigenvalue weighted by atomic mass is 15.2. The minimum atomic E-state index is 0.367. The lowest BCUT2D eigenvalue weighted by Gasteiger charge is -2.42. The summed E-state index contributed by atoms with van der Waals surface area (Å²) in [5, 5.41) is 3.45. The van der Waals surface area contributed by atoms with E-state index >= 15 is 0 Å². The third-order valence-corrected chi connectivity index (χ3v) is 3.00. The van der Waals surface area contributed by atoms with Crippen molar-refractivity contribution in [3.63, 3.8) is 0 Å². The monoisotopic (exact) mass is 184 g/mol. The SMILES string of the molecule is CCCCCN1CCNCC1(C)C. The van der Waals surface area contributed by atoms with Crippen LogP contribution < -0.4 is 5.32 Å². The lowest BCUT2D eigenvalue weighted by atomic mass is 9.99. The Hall–Kier alpha value is -0.0800. The quantitative estimate of drug-likeness (QED) is 0.671. The highest BCUT2D eigenvalue weighted by Gasteiger charge is 2.28. The van der Waals surface area contributed by atoms with Gasteiger partial charge in [-0.05, 0) is 26.8 Å². The predicted molar refractivity (Wildman–Crippen MR) is 58.0 cm³/mol. The second-order valence-corrected chi connectivity index (χ2v) is 4.68. The smallest absolute Gasteiger partial charge is 0.0278 e. The first-order valence-electron chi connectivity index (χ1n) is 5.62. The summed E-state index contributed by atoms with van der Waals surface area (Å²) in [6, 6.07) is 0. The number of nitrogens with one attached hydrogen (secondary N) is 1. The van der Waals surface area contributed by atoms with Crippen molar-refractivity contribution >= 4 is 0 Å². The Morgan fingerprint density at radius 1 is 1.31 bits per heavy atom. The molecular formula is C11H24N2. The average molecular weight is 184 g/mol. The molecule has 1 saturated heterocycles. The molecule has 1 rings (SSSR count). The Balaban J connectivity index is 2.29. The van der Waals surface area contributed by atoms with Crippen LogP contribution in [0.2, 0.25) is 0 Å². The van der Waals surface area contributed by atoms with Crippen LogP contribution in [0.3, 0.4) is 0 Å². The maximum atomic E-state index is 3.45. The van der Waals surface area contributed by atoms with Gasteiger partial charge in [0.1, 0.15) is 0 Å². The van der Waals surface area contributed by atoms with Gasteiger partial charge < -0.3 is 5.32 Å². The summed E-state index contributed by atoms with van der Waals surface area (Å²) in [4.78, 5) is 2.62. The number of rotatable bonds is 4. The van der Waals surface area contributed by atoms with Gasteiger partial charge in [0, 0.05) is 25.2 Å². The molecule has 0 aromatic rings. The highest BCUT2D eigenvalue weighted by Crippen LogP contribution is 2.16. The molecule has 0 unspecified atom stereocenters. The van der Waals surface area contributed by atoms with Crippen LogP contribution in [0.1, 0.15) is 40.0 Å². The standard InChI is InChI=1S/C11H24N2/c1-4-5-6-8-13-9-7-12-10-11(13,2)3/h12H,4-10H2,1-3H3. The molecule has 1 fully saturated rings. The lowest BCUT2D eigenvalue weighted by Crippen LogP contribution is -2.57. The highest BCUT2D eigenvalue weighted by molar-refractivity contribution is 4.87. The number of hydrogen-bond donors (Lipinski definition) is 1. The third-order valence-electron chi connectivity index (χ3n) is 3.00. The fourth-order valence-corrected chi connectivity index (χ4v) is 1.99. The van der Waals surface area contributed by atoms with Crippen molar-refractivity contribution in [2.24, 2.45) is 0 Å². The molecule has 0 aliphatic carbocycles. The van der Waals surface area contributed by atoms with Gasteiger partial charge in [-0.15, -0.1) is 0 Å². The summed E-state index contributed by atoms with van der Waals surface area (Å²) in [6.07, 6.45) is 4.06. The number of nitrogens with zero attached hydrogens (tertiary/aromatic N) is 1. The summed E-state index contributed by atoms with van der Waals surface area (Å²) in [6.45, 7) is 11.7. The molecule has 1 aliphatic rings. The zero-order valence-corrected chi connectivity index (χ0v) is 9.40. The van der Waals surface area contributed by atoms with Gasteiger partial charge in [0.25, 0.3) is 0 Å². The van der Waals surface area contributed by atoms with E-state index < -0.39 is 0 Å². The van der Waals surface area contributed by atoms with E-state index in [0.29, 0.717) is 5.54 Å². The zero-order chi connectivity index (χ0) is 9.73. The van der Waals surface area contributed by atoms with Crippen molar-refractivity contribution < 1.29 is 0 Å². The van der Waals surface area contributed by atoms with Crippen molar-refractivity contribution in [3.05, 3.63) is 0 Å². The summed E-state index contributed by atoms with van der Waals surface area (Å²) >= 11 is 0. The second kappa shape index (κ2) is 4.97. The summed E-state index contributed by atoms with van der Waals surface area (Å²) < 4.78 is 0. The van der Waals surface area contributed by atoms with Gasteiger partial charge in [-0.25, -0.2) is 0 Å². The van der Waals surface area contributed by atoms with Gasteiger partial charge in [0.2, 0.25) is 0 Å². The first-order valence-corrected chi connectivity index (χ1v) is 5.62. The largest absolute Gasteiger partial charge is 0.314 e. The predicted octanol–water partition coefficient (Wildman–Crippen LogP) is 1.86. The molecule has 1 aliphatic heterocycles. The minimum absolute atomic E-state index is 0.367. The molecule has 78 valence electrons. The van der Waals surface area contributed by atoms with Crippen LogP contribution in [-0.2, 0) is 0 Å². The molecule has 13 heavy (non-hydrogen) atoms. The van der Waals surface area contributed by atoms with E-state index in [-0.39, 0.29) is 0 Å². The van der Waals surface area contributed by atoms with Crippen molar-refractivity contribution in [1.29, 1.82) is 0 Å². The van der Waals surface area contributed by atoms with Gasteiger partial charge >= 0.3 is 0 Å². The van der Waals surface area contributed by atoms with Gasteiger partial charge in [0.15, 0.2) is 0 Å². The molecule has 2 nitrogen and oxygen atoms in total. The number of piperazine rings is 1. The van der Waals surface area contributed by atoms with E-state index in [1.54, 1.807) is 0 Å². The van der Waals surface area contributed by atoms with Crippen molar-refractivity contribution in [1.82, 2.24) is 10.2 Å². The van der Waals surface area contributed by atoms with Crippen LogP contribution in [0.25, 0.3) is 0 Å². The molecule has 0 aromatic heterocycles. The first-order chi connectivity index (χ1) is 6.17. The topological polar surface area (TPSA) is 15.3 Å². The molecule has 0 saturated carbocycles. The van der Waals surface area contributed by atoms with E-state index in [0.717, 1.165) is 13.1 Å². The van der Waals surface area contributed by atoms with Crippen molar-refractivity contribution in [3.8, 4) is 0 Å². The Kier molecular flexibility index (Phi) is 4.20. The van der Waals surface area contributed by atoms with Crippen LogP contribution in [0, 0.1) is 0 Å². The normalized spacial score (nSPS) is 23.3. The molecular weight excluding hydrogens is 160 g/mol. The fraction of sp³-hybridized carbons (Fsp3) is 1.00. The molecule has 1 N–H and O–H groups in total. The third kappa shape index (κ3) is 3.28. The van der Waals surface area contributed by atoms with Crippen LogP contribution in [0.15, 0.2) is 0 Å². The van der Waals surface area contributed by atoms with Crippen LogP contribution in [0.4, 0.5) is 0 Å². The number of hydrogen-bond acceptors (Lipinski definition) is 2. The average Bonchev–Trinajstić information content (AvgIpc) is 2.08. The lowest BCUT2D eigenvalue weighted by molar-refractivity contribution is 0.0887. The number of unbranched alkanes of at least 4 members (excludes halogenated alkanes) is 2. The maximum Gasteiger partial charge on any atom is 0.0278 e.